The predicted molar refractivity (Wildman–Crippen MR) is 116 cm³/mol. The molecule has 3 amide bonds. The van der Waals surface area contributed by atoms with E-state index in [0.29, 0.717) is 43.7 Å². The quantitative estimate of drug-likeness (QED) is 0.730. The van der Waals surface area contributed by atoms with Crippen molar-refractivity contribution in [2.24, 2.45) is 5.73 Å². The molecule has 0 radical (unpaired) electrons. The van der Waals surface area contributed by atoms with Gasteiger partial charge in [-0.05, 0) is 42.3 Å². The lowest BCUT2D eigenvalue weighted by Gasteiger charge is -2.34. The first-order chi connectivity index (χ1) is 14.4. The highest BCUT2D eigenvalue weighted by Crippen LogP contribution is 2.12. The summed E-state index contributed by atoms with van der Waals surface area (Å²) < 4.78 is 0. The third kappa shape index (κ3) is 5.90. The van der Waals surface area contributed by atoms with Crippen LogP contribution >= 0.6 is 0 Å². The summed E-state index contributed by atoms with van der Waals surface area (Å²) in [5.41, 5.74) is 8.47. The smallest absolute Gasteiger partial charge is 0.248 e. The Hall–Kier alpha value is -3.19. The fraction of sp³-hybridized carbons (Fsp3) is 0.348. The van der Waals surface area contributed by atoms with E-state index in [1.54, 1.807) is 24.3 Å². The standard InChI is InChI=1S/C23H28N4O3/c1-17-4-2-3-5-19(17)16-22(29)27-14-12-26(13-15-27)11-10-21(28)25-20-8-6-18(7-9-20)23(24)30/h2-9H,10-16H2,1H3,(H2,24,30)(H,25,28). The van der Waals surface area contributed by atoms with Crippen LogP contribution in [0.3, 0.4) is 0 Å². The molecule has 30 heavy (non-hydrogen) atoms. The molecule has 3 N–H and O–H groups in total. The van der Waals surface area contributed by atoms with Crippen LogP contribution in [-0.2, 0) is 16.0 Å². The summed E-state index contributed by atoms with van der Waals surface area (Å²) >= 11 is 0. The first-order valence-corrected chi connectivity index (χ1v) is 10.2. The van der Waals surface area contributed by atoms with Crippen LogP contribution in [0.15, 0.2) is 48.5 Å². The number of hydrogen-bond acceptors (Lipinski definition) is 4. The monoisotopic (exact) mass is 408 g/mol. The molecule has 158 valence electrons. The first kappa shape index (κ1) is 21.5. The SMILES string of the molecule is Cc1ccccc1CC(=O)N1CCN(CCC(=O)Nc2ccc(C(N)=O)cc2)CC1. The molecule has 0 aliphatic carbocycles. The van der Waals surface area contributed by atoms with E-state index >= 15 is 0 Å². The second kappa shape index (κ2) is 10.0. The molecular weight excluding hydrogens is 380 g/mol. The molecule has 1 aliphatic rings. The summed E-state index contributed by atoms with van der Waals surface area (Å²) in [5.74, 6) is -0.426. The first-order valence-electron chi connectivity index (χ1n) is 10.2. The zero-order valence-electron chi connectivity index (χ0n) is 17.3. The average Bonchev–Trinajstić information content (AvgIpc) is 2.74. The highest BCUT2D eigenvalue weighted by Gasteiger charge is 2.21. The zero-order chi connectivity index (χ0) is 21.5. The van der Waals surface area contributed by atoms with Crippen LogP contribution in [0.2, 0.25) is 0 Å². The van der Waals surface area contributed by atoms with Crippen molar-refractivity contribution >= 4 is 23.4 Å². The minimum atomic E-state index is -0.496. The summed E-state index contributed by atoms with van der Waals surface area (Å²) in [6, 6.07) is 14.5. The van der Waals surface area contributed by atoms with Crippen molar-refractivity contribution in [3.8, 4) is 0 Å². The number of piperazine rings is 1. The van der Waals surface area contributed by atoms with Gasteiger partial charge in [-0.25, -0.2) is 0 Å². The zero-order valence-corrected chi connectivity index (χ0v) is 17.3. The highest BCUT2D eigenvalue weighted by atomic mass is 16.2. The Balaban J connectivity index is 1.39. The fourth-order valence-corrected chi connectivity index (χ4v) is 3.51. The van der Waals surface area contributed by atoms with Crippen LogP contribution in [0.25, 0.3) is 0 Å². The molecule has 2 aromatic carbocycles. The molecule has 0 spiro atoms. The minimum absolute atomic E-state index is 0.0834. The molecule has 3 rings (SSSR count). The Morgan fingerprint density at radius 3 is 2.27 bits per heavy atom. The Morgan fingerprint density at radius 1 is 0.967 bits per heavy atom. The van der Waals surface area contributed by atoms with Crippen molar-refractivity contribution in [2.45, 2.75) is 19.8 Å². The summed E-state index contributed by atoms with van der Waals surface area (Å²) in [6.45, 7) is 5.56. The normalized spacial score (nSPS) is 14.4. The maximum absolute atomic E-state index is 12.6. The predicted octanol–water partition coefficient (Wildman–Crippen LogP) is 1.81. The molecule has 1 aliphatic heterocycles. The van der Waals surface area contributed by atoms with Crippen LogP contribution < -0.4 is 11.1 Å². The van der Waals surface area contributed by atoms with E-state index in [9.17, 15) is 14.4 Å². The van der Waals surface area contributed by atoms with E-state index in [0.717, 1.165) is 24.2 Å². The maximum Gasteiger partial charge on any atom is 0.248 e. The molecule has 1 saturated heterocycles. The molecule has 1 heterocycles. The average molecular weight is 409 g/mol. The number of carbonyl (C=O) groups excluding carboxylic acids is 3. The van der Waals surface area contributed by atoms with Crippen LogP contribution in [0.1, 0.15) is 27.9 Å². The fourth-order valence-electron chi connectivity index (χ4n) is 3.51. The Labute approximate surface area is 176 Å². The number of rotatable bonds is 7. The third-order valence-corrected chi connectivity index (χ3v) is 5.44. The van der Waals surface area contributed by atoms with Gasteiger partial charge in [0, 0.05) is 50.4 Å². The van der Waals surface area contributed by atoms with E-state index < -0.39 is 5.91 Å². The van der Waals surface area contributed by atoms with Crippen LogP contribution in [-0.4, -0.2) is 60.2 Å². The molecule has 0 aromatic heterocycles. The lowest BCUT2D eigenvalue weighted by atomic mass is 10.1. The largest absolute Gasteiger partial charge is 0.366 e. The van der Waals surface area contributed by atoms with Crippen molar-refractivity contribution < 1.29 is 14.4 Å². The maximum atomic E-state index is 12.6. The lowest BCUT2D eigenvalue weighted by molar-refractivity contribution is -0.132. The number of nitrogens with one attached hydrogen (secondary N) is 1. The van der Waals surface area contributed by atoms with Gasteiger partial charge in [0.1, 0.15) is 0 Å². The van der Waals surface area contributed by atoms with Gasteiger partial charge in [-0.3, -0.25) is 19.3 Å². The summed E-state index contributed by atoms with van der Waals surface area (Å²) in [7, 11) is 0. The number of benzene rings is 2. The highest BCUT2D eigenvalue weighted by molar-refractivity contribution is 5.94. The van der Waals surface area contributed by atoms with Crippen LogP contribution in [0, 0.1) is 6.92 Å². The Kier molecular flexibility index (Phi) is 7.19. The van der Waals surface area contributed by atoms with E-state index in [4.69, 9.17) is 5.73 Å². The number of aryl methyl sites for hydroxylation is 1. The second-order valence-corrected chi connectivity index (χ2v) is 7.57. The van der Waals surface area contributed by atoms with E-state index in [1.807, 2.05) is 36.1 Å². The molecule has 2 aromatic rings. The Morgan fingerprint density at radius 2 is 1.63 bits per heavy atom. The number of amides is 3. The number of nitrogens with two attached hydrogens (primary N) is 1. The van der Waals surface area contributed by atoms with Gasteiger partial charge in [0.2, 0.25) is 17.7 Å². The minimum Gasteiger partial charge on any atom is -0.366 e. The van der Waals surface area contributed by atoms with Gasteiger partial charge in [0.25, 0.3) is 0 Å². The van der Waals surface area contributed by atoms with Crippen molar-refractivity contribution in [3.05, 3.63) is 65.2 Å². The van der Waals surface area contributed by atoms with Gasteiger partial charge in [0.15, 0.2) is 0 Å². The number of nitrogens with zero attached hydrogens (tertiary/aromatic N) is 2. The molecule has 0 saturated carbocycles. The molecule has 1 fully saturated rings. The van der Waals surface area contributed by atoms with Crippen molar-refractivity contribution in [2.75, 3.05) is 38.0 Å². The van der Waals surface area contributed by atoms with E-state index in [1.165, 1.54) is 0 Å². The van der Waals surface area contributed by atoms with Crippen molar-refractivity contribution in [1.29, 1.82) is 0 Å². The van der Waals surface area contributed by atoms with Gasteiger partial charge < -0.3 is 16.0 Å². The topological polar surface area (TPSA) is 95.7 Å². The Bertz CT molecular complexity index is 903. The summed E-state index contributed by atoms with van der Waals surface area (Å²) in [4.78, 5) is 40.0. The molecule has 7 nitrogen and oxygen atoms in total. The van der Waals surface area contributed by atoms with Gasteiger partial charge in [-0.15, -0.1) is 0 Å². The van der Waals surface area contributed by atoms with Crippen molar-refractivity contribution in [3.63, 3.8) is 0 Å². The summed E-state index contributed by atoms with van der Waals surface area (Å²) in [5, 5.41) is 2.82. The number of carbonyl (C=O) groups is 3. The van der Waals surface area contributed by atoms with E-state index in [2.05, 4.69) is 10.2 Å². The van der Waals surface area contributed by atoms with Gasteiger partial charge in [-0.1, -0.05) is 24.3 Å². The third-order valence-electron chi connectivity index (χ3n) is 5.44. The number of anilines is 1. The molecular formula is C23H28N4O3. The van der Waals surface area contributed by atoms with Crippen LogP contribution in [0.5, 0.6) is 0 Å². The molecule has 7 heteroatoms. The lowest BCUT2D eigenvalue weighted by Crippen LogP contribution is -2.49. The second-order valence-electron chi connectivity index (χ2n) is 7.57. The van der Waals surface area contributed by atoms with Gasteiger partial charge >= 0.3 is 0 Å². The number of primary amides is 1. The van der Waals surface area contributed by atoms with E-state index in [-0.39, 0.29) is 11.8 Å². The van der Waals surface area contributed by atoms with Crippen LogP contribution in [0.4, 0.5) is 5.69 Å². The molecule has 0 bridgehead atoms. The summed E-state index contributed by atoms with van der Waals surface area (Å²) in [6.07, 6.45) is 0.804. The number of hydrogen-bond donors (Lipinski definition) is 2. The van der Waals surface area contributed by atoms with Gasteiger partial charge in [0.05, 0.1) is 6.42 Å². The molecule has 0 atom stereocenters. The van der Waals surface area contributed by atoms with Crippen molar-refractivity contribution in [1.82, 2.24) is 9.80 Å². The molecule has 0 unspecified atom stereocenters. The van der Waals surface area contributed by atoms with Gasteiger partial charge in [-0.2, -0.15) is 0 Å².